The molecule has 1 aromatic rings. The second-order valence-electron chi connectivity index (χ2n) is 4.68. The third-order valence-corrected chi connectivity index (χ3v) is 3.19. The third-order valence-electron chi connectivity index (χ3n) is 3.19. The molecule has 0 saturated carbocycles. The normalized spacial score (nSPS) is 13.8. The Morgan fingerprint density at radius 2 is 2.10 bits per heavy atom. The highest BCUT2D eigenvalue weighted by Crippen LogP contribution is 2.10. The molecule has 3 N–H and O–H groups in total. The minimum absolute atomic E-state index is 0. The van der Waals surface area contributed by atoms with Crippen molar-refractivity contribution in [1.29, 1.82) is 0 Å². The second kappa shape index (κ2) is 7.87. The molecule has 0 radical (unpaired) electrons. The summed E-state index contributed by atoms with van der Waals surface area (Å²) in [5.74, 6) is -0.249. The van der Waals surface area contributed by atoms with Gasteiger partial charge in [-0.15, -0.1) is 12.4 Å². The van der Waals surface area contributed by atoms with Gasteiger partial charge in [0.25, 0.3) is 0 Å². The lowest BCUT2D eigenvalue weighted by Gasteiger charge is -2.25. The molecule has 0 bridgehead atoms. The first-order valence-corrected chi connectivity index (χ1v) is 6.56. The summed E-state index contributed by atoms with van der Waals surface area (Å²) in [6.45, 7) is 3.48. The number of carbonyl (C=O) groups is 2. The van der Waals surface area contributed by atoms with E-state index in [1.165, 1.54) is 5.56 Å². The molecule has 0 unspecified atom stereocenters. The Morgan fingerprint density at radius 1 is 1.35 bits per heavy atom. The number of carbonyl (C=O) groups excluding carboxylic acids is 2. The SMILES string of the molecule is CCc1cccc(NC(=O)CNC(=O)C2CNC2)c1.Cl. The molecule has 1 aromatic carbocycles. The molecule has 0 aromatic heterocycles. The van der Waals surface area contributed by atoms with Crippen LogP contribution in [-0.2, 0) is 16.0 Å². The van der Waals surface area contributed by atoms with Crippen LogP contribution in [0.1, 0.15) is 12.5 Å². The fraction of sp³-hybridized carbons (Fsp3) is 0.429. The lowest BCUT2D eigenvalue weighted by molar-refractivity contribution is -0.128. The first kappa shape index (κ1) is 16.5. The molecule has 0 atom stereocenters. The molecule has 1 heterocycles. The van der Waals surface area contributed by atoms with Crippen LogP contribution in [0.4, 0.5) is 5.69 Å². The number of rotatable bonds is 5. The number of hydrogen-bond donors (Lipinski definition) is 3. The van der Waals surface area contributed by atoms with Crippen LogP contribution in [-0.4, -0.2) is 31.4 Å². The molecule has 2 amide bonds. The molecule has 2 rings (SSSR count). The van der Waals surface area contributed by atoms with Crippen molar-refractivity contribution in [2.45, 2.75) is 13.3 Å². The van der Waals surface area contributed by atoms with Crippen LogP contribution in [0, 0.1) is 5.92 Å². The fourth-order valence-corrected chi connectivity index (χ4v) is 1.86. The van der Waals surface area contributed by atoms with Gasteiger partial charge in [-0.1, -0.05) is 19.1 Å². The third kappa shape index (κ3) is 4.51. The van der Waals surface area contributed by atoms with Crippen molar-refractivity contribution in [3.8, 4) is 0 Å². The van der Waals surface area contributed by atoms with Gasteiger partial charge in [-0.3, -0.25) is 9.59 Å². The first-order valence-electron chi connectivity index (χ1n) is 6.56. The van der Waals surface area contributed by atoms with Crippen LogP contribution in [0.3, 0.4) is 0 Å². The Balaban J connectivity index is 0.00000200. The summed E-state index contributed by atoms with van der Waals surface area (Å²) in [6, 6.07) is 7.71. The number of benzene rings is 1. The molecule has 0 aliphatic carbocycles. The highest BCUT2D eigenvalue weighted by Gasteiger charge is 2.24. The maximum absolute atomic E-state index is 11.7. The minimum Gasteiger partial charge on any atom is -0.347 e. The summed E-state index contributed by atoms with van der Waals surface area (Å²) in [7, 11) is 0. The van der Waals surface area contributed by atoms with E-state index in [9.17, 15) is 9.59 Å². The van der Waals surface area contributed by atoms with Crippen molar-refractivity contribution >= 4 is 29.9 Å². The zero-order chi connectivity index (χ0) is 13.7. The molecule has 1 aliphatic heterocycles. The molecular weight excluding hydrogens is 278 g/mol. The van der Waals surface area contributed by atoms with Gasteiger partial charge in [0.2, 0.25) is 11.8 Å². The van der Waals surface area contributed by atoms with Crippen LogP contribution in [0.2, 0.25) is 0 Å². The summed E-state index contributed by atoms with van der Waals surface area (Å²) < 4.78 is 0. The monoisotopic (exact) mass is 297 g/mol. The Hall–Kier alpha value is -1.59. The molecule has 1 aliphatic rings. The highest BCUT2D eigenvalue weighted by atomic mass is 35.5. The van der Waals surface area contributed by atoms with Crippen molar-refractivity contribution in [1.82, 2.24) is 10.6 Å². The van der Waals surface area contributed by atoms with E-state index in [4.69, 9.17) is 0 Å². The van der Waals surface area contributed by atoms with E-state index in [0.717, 1.165) is 12.1 Å². The Kier molecular flexibility index (Phi) is 6.48. The summed E-state index contributed by atoms with van der Waals surface area (Å²) >= 11 is 0. The molecule has 1 fully saturated rings. The Labute approximate surface area is 124 Å². The van der Waals surface area contributed by atoms with E-state index in [0.29, 0.717) is 13.1 Å². The van der Waals surface area contributed by atoms with Gasteiger partial charge in [-0.05, 0) is 24.1 Å². The zero-order valence-corrected chi connectivity index (χ0v) is 12.3. The smallest absolute Gasteiger partial charge is 0.243 e. The lowest BCUT2D eigenvalue weighted by Crippen LogP contribution is -2.51. The molecule has 5 nitrogen and oxygen atoms in total. The molecule has 0 spiro atoms. The number of amides is 2. The maximum atomic E-state index is 11.7. The predicted molar refractivity (Wildman–Crippen MR) is 81.1 cm³/mol. The van der Waals surface area contributed by atoms with Crippen molar-refractivity contribution in [2.75, 3.05) is 25.0 Å². The standard InChI is InChI=1S/C14H19N3O2.ClH/c1-2-10-4-3-5-12(6-10)17-13(18)9-16-14(19)11-7-15-8-11;/h3-6,11,15H,2,7-9H2,1H3,(H,16,19)(H,17,18);1H. The van der Waals surface area contributed by atoms with Crippen molar-refractivity contribution in [3.05, 3.63) is 29.8 Å². The van der Waals surface area contributed by atoms with E-state index < -0.39 is 0 Å². The molecule has 110 valence electrons. The van der Waals surface area contributed by atoms with Crippen LogP contribution in [0.15, 0.2) is 24.3 Å². The fourth-order valence-electron chi connectivity index (χ4n) is 1.86. The van der Waals surface area contributed by atoms with E-state index in [2.05, 4.69) is 22.9 Å². The summed E-state index contributed by atoms with van der Waals surface area (Å²) in [5, 5.41) is 8.44. The Morgan fingerprint density at radius 3 is 2.70 bits per heavy atom. The van der Waals surface area contributed by atoms with E-state index in [-0.39, 0.29) is 36.7 Å². The number of halogens is 1. The van der Waals surface area contributed by atoms with Gasteiger partial charge < -0.3 is 16.0 Å². The van der Waals surface area contributed by atoms with Gasteiger partial charge in [-0.25, -0.2) is 0 Å². The van der Waals surface area contributed by atoms with Crippen molar-refractivity contribution in [2.24, 2.45) is 5.92 Å². The average molecular weight is 298 g/mol. The topological polar surface area (TPSA) is 70.2 Å². The van der Waals surface area contributed by atoms with Gasteiger partial charge in [-0.2, -0.15) is 0 Å². The number of nitrogens with one attached hydrogen (secondary N) is 3. The molecule has 6 heteroatoms. The minimum atomic E-state index is -0.200. The van der Waals surface area contributed by atoms with Crippen LogP contribution in [0.25, 0.3) is 0 Å². The highest BCUT2D eigenvalue weighted by molar-refractivity contribution is 5.95. The quantitative estimate of drug-likeness (QED) is 0.758. The van der Waals surface area contributed by atoms with Gasteiger partial charge in [0, 0.05) is 18.8 Å². The zero-order valence-electron chi connectivity index (χ0n) is 11.4. The van der Waals surface area contributed by atoms with Crippen LogP contribution >= 0.6 is 12.4 Å². The van der Waals surface area contributed by atoms with Crippen LogP contribution < -0.4 is 16.0 Å². The first-order chi connectivity index (χ1) is 9.19. The Bertz CT molecular complexity index is 475. The van der Waals surface area contributed by atoms with E-state index >= 15 is 0 Å². The van der Waals surface area contributed by atoms with E-state index in [1.54, 1.807) is 0 Å². The van der Waals surface area contributed by atoms with Crippen molar-refractivity contribution in [3.63, 3.8) is 0 Å². The number of anilines is 1. The van der Waals surface area contributed by atoms with Gasteiger partial charge >= 0.3 is 0 Å². The second-order valence-corrected chi connectivity index (χ2v) is 4.68. The van der Waals surface area contributed by atoms with Gasteiger partial charge in [0.15, 0.2) is 0 Å². The maximum Gasteiger partial charge on any atom is 0.243 e. The lowest BCUT2D eigenvalue weighted by atomic mass is 10.0. The van der Waals surface area contributed by atoms with Gasteiger partial charge in [0.1, 0.15) is 0 Å². The van der Waals surface area contributed by atoms with Gasteiger partial charge in [0.05, 0.1) is 12.5 Å². The summed E-state index contributed by atoms with van der Waals surface area (Å²) in [6.07, 6.45) is 0.926. The molecular formula is C14H20ClN3O2. The summed E-state index contributed by atoms with van der Waals surface area (Å²) in [4.78, 5) is 23.3. The molecule has 20 heavy (non-hydrogen) atoms. The van der Waals surface area contributed by atoms with Crippen LogP contribution in [0.5, 0.6) is 0 Å². The summed E-state index contributed by atoms with van der Waals surface area (Å²) in [5.41, 5.74) is 1.94. The number of hydrogen-bond acceptors (Lipinski definition) is 3. The molecule has 1 saturated heterocycles. The predicted octanol–water partition coefficient (Wildman–Crippen LogP) is 0.945. The average Bonchev–Trinajstić information content (AvgIpc) is 2.34. The largest absolute Gasteiger partial charge is 0.347 e. The van der Waals surface area contributed by atoms with Crippen molar-refractivity contribution < 1.29 is 9.59 Å². The van der Waals surface area contributed by atoms with E-state index in [1.807, 2.05) is 24.3 Å². The number of aryl methyl sites for hydroxylation is 1.